The molecule has 0 saturated carbocycles. The quantitative estimate of drug-likeness (QED) is 0.404. The Bertz CT molecular complexity index is 1220. The van der Waals surface area contributed by atoms with Gasteiger partial charge in [-0.25, -0.2) is 4.21 Å². The summed E-state index contributed by atoms with van der Waals surface area (Å²) in [5, 5.41) is 3.53. The van der Waals surface area contributed by atoms with Crippen LogP contribution in [0.2, 0.25) is 5.02 Å². The molecule has 0 radical (unpaired) electrons. The van der Waals surface area contributed by atoms with Gasteiger partial charge in [0.25, 0.3) is 5.91 Å². The number of anilines is 3. The third-order valence-electron chi connectivity index (χ3n) is 5.95. The van der Waals surface area contributed by atoms with Gasteiger partial charge in [-0.3, -0.25) is 14.1 Å². The summed E-state index contributed by atoms with van der Waals surface area (Å²) in [6.07, 6.45) is 2.59. The first-order valence-electron chi connectivity index (χ1n) is 12.2. The number of halogens is 1. The summed E-state index contributed by atoms with van der Waals surface area (Å²) in [5.74, 6) is 0.375. The van der Waals surface area contributed by atoms with Crippen molar-refractivity contribution < 1.29 is 13.7 Å². The van der Waals surface area contributed by atoms with E-state index in [1.807, 2.05) is 48.5 Å². The van der Waals surface area contributed by atoms with Gasteiger partial charge >= 0.3 is 0 Å². The summed E-state index contributed by atoms with van der Waals surface area (Å²) in [6.45, 7) is 7.51. The number of nitrogens with one attached hydrogen (secondary N) is 1. The Kier molecular flexibility index (Phi) is 8.96. The van der Waals surface area contributed by atoms with Crippen LogP contribution in [-0.2, 0) is 15.7 Å². The molecule has 0 bridgehead atoms. The molecule has 3 aromatic rings. The van der Waals surface area contributed by atoms with Crippen LogP contribution in [0.25, 0.3) is 11.3 Å². The molecule has 1 fully saturated rings. The van der Waals surface area contributed by atoms with Crippen LogP contribution >= 0.6 is 11.6 Å². The van der Waals surface area contributed by atoms with Gasteiger partial charge in [-0.2, -0.15) is 0 Å². The molecule has 4 rings (SSSR count). The van der Waals surface area contributed by atoms with Crippen LogP contribution in [0, 0.1) is 0 Å². The van der Waals surface area contributed by atoms with Gasteiger partial charge in [0.1, 0.15) is 11.0 Å². The molecule has 1 saturated heterocycles. The number of rotatable bonds is 9. The first-order valence-corrected chi connectivity index (χ1v) is 13.8. The Morgan fingerprint density at radius 2 is 1.89 bits per heavy atom. The third-order valence-corrected chi connectivity index (χ3v) is 7.99. The van der Waals surface area contributed by atoms with Gasteiger partial charge in [0.15, 0.2) is 0 Å². The Morgan fingerprint density at radius 3 is 2.58 bits per heavy atom. The average molecular weight is 527 g/mol. The molecule has 1 aliphatic heterocycles. The Hall–Kier alpha value is -2.94. The van der Waals surface area contributed by atoms with E-state index in [1.165, 1.54) is 0 Å². The van der Waals surface area contributed by atoms with E-state index < -0.39 is 11.0 Å². The topological polar surface area (TPSA) is 74.8 Å². The van der Waals surface area contributed by atoms with E-state index in [4.69, 9.17) is 16.3 Å². The highest BCUT2D eigenvalue weighted by atomic mass is 35.5. The van der Waals surface area contributed by atoms with Gasteiger partial charge in [0, 0.05) is 54.1 Å². The van der Waals surface area contributed by atoms with Crippen molar-refractivity contribution in [2.75, 3.05) is 53.1 Å². The standard InChI is InChI=1S/C27H31ClN4O3S/c1-3-18-36(34)32(4-2)22-10-7-20(8-11-22)27(33)30-21-9-12-24(28)23(19-21)26-25(6-5-13-29-26)31-14-16-35-17-15-31/h5-13,19H,3-4,14-18H2,1-2H3,(H,30,33). The summed E-state index contributed by atoms with van der Waals surface area (Å²) in [6, 6.07) is 16.5. The third kappa shape index (κ3) is 6.06. The lowest BCUT2D eigenvalue weighted by Gasteiger charge is -2.30. The molecule has 1 N–H and O–H groups in total. The number of nitrogens with zero attached hydrogens (tertiary/aromatic N) is 3. The molecule has 2 heterocycles. The minimum Gasteiger partial charge on any atom is -0.378 e. The van der Waals surface area contributed by atoms with E-state index >= 15 is 0 Å². The molecule has 2 aromatic carbocycles. The summed E-state index contributed by atoms with van der Waals surface area (Å²) < 4.78 is 19.8. The number of aromatic nitrogens is 1. The van der Waals surface area contributed by atoms with Crippen molar-refractivity contribution in [3.63, 3.8) is 0 Å². The normalized spacial score (nSPS) is 14.4. The minimum atomic E-state index is -1.08. The van der Waals surface area contributed by atoms with Crippen molar-refractivity contribution in [2.45, 2.75) is 20.3 Å². The Balaban J connectivity index is 1.54. The Labute approximate surface area is 220 Å². The molecule has 1 amide bonds. The fraction of sp³-hybridized carbons (Fsp3) is 0.333. The zero-order valence-electron chi connectivity index (χ0n) is 20.6. The highest BCUT2D eigenvalue weighted by molar-refractivity contribution is 7.86. The van der Waals surface area contributed by atoms with Gasteiger partial charge in [0.05, 0.1) is 29.6 Å². The van der Waals surface area contributed by atoms with Crippen molar-refractivity contribution in [3.05, 3.63) is 71.4 Å². The van der Waals surface area contributed by atoms with Crippen molar-refractivity contribution in [3.8, 4) is 11.3 Å². The molecule has 0 spiro atoms. The number of carbonyl (C=O) groups excluding carboxylic acids is 1. The zero-order valence-corrected chi connectivity index (χ0v) is 22.1. The number of hydrogen-bond donors (Lipinski definition) is 1. The van der Waals surface area contributed by atoms with Crippen molar-refractivity contribution in [1.29, 1.82) is 0 Å². The maximum Gasteiger partial charge on any atom is 0.255 e. The highest BCUT2D eigenvalue weighted by Gasteiger charge is 2.19. The maximum atomic E-state index is 13.0. The molecule has 7 nitrogen and oxygen atoms in total. The van der Waals surface area contributed by atoms with Crippen LogP contribution in [0.5, 0.6) is 0 Å². The summed E-state index contributed by atoms with van der Waals surface area (Å²) in [7, 11) is -1.08. The highest BCUT2D eigenvalue weighted by Crippen LogP contribution is 2.35. The largest absolute Gasteiger partial charge is 0.378 e. The number of benzene rings is 2. The molecule has 36 heavy (non-hydrogen) atoms. The van der Waals surface area contributed by atoms with Crippen LogP contribution in [0.4, 0.5) is 17.1 Å². The molecular formula is C27H31ClN4O3S. The summed E-state index contributed by atoms with van der Waals surface area (Å²) in [4.78, 5) is 19.8. The van der Waals surface area contributed by atoms with Gasteiger partial charge < -0.3 is 15.0 Å². The fourth-order valence-corrected chi connectivity index (χ4v) is 5.58. The smallest absolute Gasteiger partial charge is 0.255 e. The molecule has 9 heteroatoms. The molecule has 1 unspecified atom stereocenters. The fourth-order valence-electron chi connectivity index (χ4n) is 4.16. The minimum absolute atomic E-state index is 0.234. The molecule has 1 aromatic heterocycles. The van der Waals surface area contributed by atoms with E-state index in [9.17, 15) is 9.00 Å². The Morgan fingerprint density at radius 1 is 1.14 bits per heavy atom. The van der Waals surface area contributed by atoms with E-state index in [2.05, 4.69) is 15.2 Å². The van der Waals surface area contributed by atoms with Crippen LogP contribution in [0.15, 0.2) is 60.8 Å². The van der Waals surface area contributed by atoms with Crippen molar-refractivity contribution >= 4 is 45.6 Å². The zero-order chi connectivity index (χ0) is 25.5. The lowest BCUT2D eigenvalue weighted by molar-refractivity contribution is 0.102. The van der Waals surface area contributed by atoms with Crippen LogP contribution < -0.4 is 14.5 Å². The maximum absolute atomic E-state index is 13.0. The SMILES string of the molecule is CCCS(=O)N(CC)c1ccc(C(=O)Nc2ccc(Cl)c(-c3ncccc3N3CCOCC3)c2)cc1. The van der Waals surface area contributed by atoms with E-state index in [0.717, 1.165) is 42.1 Å². The molecular weight excluding hydrogens is 496 g/mol. The second-order valence-electron chi connectivity index (χ2n) is 8.39. The van der Waals surface area contributed by atoms with Crippen molar-refractivity contribution in [1.82, 2.24) is 4.98 Å². The van der Waals surface area contributed by atoms with Crippen LogP contribution in [0.1, 0.15) is 30.6 Å². The van der Waals surface area contributed by atoms with Gasteiger partial charge in [-0.05, 0) is 67.9 Å². The molecule has 0 aliphatic carbocycles. The number of ether oxygens (including phenoxy) is 1. The van der Waals surface area contributed by atoms with E-state index in [1.54, 1.807) is 30.5 Å². The van der Waals surface area contributed by atoms with Crippen molar-refractivity contribution in [2.24, 2.45) is 0 Å². The summed E-state index contributed by atoms with van der Waals surface area (Å²) in [5.41, 5.74) is 4.48. The number of amides is 1. The molecule has 1 aliphatic rings. The van der Waals surface area contributed by atoms with E-state index in [0.29, 0.717) is 41.8 Å². The lowest BCUT2D eigenvalue weighted by Crippen LogP contribution is -2.36. The van der Waals surface area contributed by atoms with Crippen LogP contribution in [0.3, 0.4) is 0 Å². The molecule has 190 valence electrons. The second kappa shape index (κ2) is 12.3. The predicted octanol–water partition coefficient (Wildman–Crippen LogP) is 5.39. The number of morpholine rings is 1. The van der Waals surface area contributed by atoms with Gasteiger partial charge in [-0.1, -0.05) is 18.5 Å². The number of hydrogen-bond acceptors (Lipinski definition) is 5. The van der Waals surface area contributed by atoms with Crippen LogP contribution in [-0.4, -0.2) is 53.7 Å². The van der Waals surface area contributed by atoms with Gasteiger partial charge in [-0.15, -0.1) is 0 Å². The lowest BCUT2D eigenvalue weighted by atomic mass is 10.1. The first-order chi connectivity index (χ1) is 17.5. The van der Waals surface area contributed by atoms with Gasteiger partial charge in [0.2, 0.25) is 0 Å². The predicted molar refractivity (Wildman–Crippen MR) is 148 cm³/mol. The number of carbonyl (C=O) groups is 1. The van der Waals surface area contributed by atoms with E-state index in [-0.39, 0.29) is 5.91 Å². The summed E-state index contributed by atoms with van der Waals surface area (Å²) >= 11 is 6.58. The first kappa shape index (κ1) is 26.1. The number of pyridine rings is 1. The second-order valence-corrected chi connectivity index (χ2v) is 10.3. The average Bonchev–Trinajstić information content (AvgIpc) is 2.91. The monoisotopic (exact) mass is 526 g/mol. The molecule has 1 atom stereocenters.